The number of sulfonamides is 1. The van der Waals surface area contributed by atoms with Gasteiger partial charge in [-0.05, 0) is 12.1 Å². The Bertz CT molecular complexity index is 1250. The molecule has 156 valence electrons. The molecule has 0 N–H and O–H groups in total. The summed E-state index contributed by atoms with van der Waals surface area (Å²) < 4.78 is 79.0. The Morgan fingerprint density at radius 2 is 1.83 bits per heavy atom. The second kappa shape index (κ2) is 7.62. The van der Waals surface area contributed by atoms with Crippen molar-refractivity contribution in [3.05, 3.63) is 55.6 Å². The lowest BCUT2D eigenvalue weighted by Crippen LogP contribution is -2.41. The maximum Gasteiger partial charge on any atom is 0.431 e. The van der Waals surface area contributed by atoms with Gasteiger partial charge in [-0.3, -0.25) is 9.36 Å². The zero-order chi connectivity index (χ0) is 22.3. The van der Waals surface area contributed by atoms with E-state index < -0.39 is 61.1 Å². The number of benzene rings is 1. The number of nitriles is 1. The molecule has 0 aliphatic rings. The lowest BCUT2D eigenvalue weighted by atomic mass is 10.3. The highest BCUT2D eigenvalue weighted by Gasteiger charge is 2.35. The van der Waals surface area contributed by atoms with E-state index >= 15 is 0 Å². The molecule has 0 fully saturated rings. The molecule has 1 aromatic carbocycles. The van der Waals surface area contributed by atoms with Gasteiger partial charge in [0.1, 0.15) is 23.0 Å². The fourth-order valence-corrected chi connectivity index (χ4v) is 3.93. The van der Waals surface area contributed by atoms with Gasteiger partial charge in [0.15, 0.2) is 0 Å². The van der Waals surface area contributed by atoms with Crippen molar-refractivity contribution >= 4 is 21.6 Å². The summed E-state index contributed by atoms with van der Waals surface area (Å²) in [5.41, 5.74) is -5.58. The highest BCUT2D eigenvalue weighted by molar-refractivity contribution is 7.89. The molecule has 0 radical (unpaired) electrons. The summed E-state index contributed by atoms with van der Waals surface area (Å²) in [6.07, 6.45) is -5.03. The van der Waals surface area contributed by atoms with Crippen molar-refractivity contribution in [2.75, 3.05) is 13.6 Å². The molecule has 1 heterocycles. The normalized spacial score (nSPS) is 12.2. The van der Waals surface area contributed by atoms with Crippen LogP contribution in [-0.2, 0) is 23.2 Å². The van der Waals surface area contributed by atoms with Gasteiger partial charge >= 0.3 is 11.9 Å². The van der Waals surface area contributed by atoms with Gasteiger partial charge < -0.3 is 0 Å². The van der Waals surface area contributed by atoms with Crippen molar-refractivity contribution in [2.45, 2.75) is 11.1 Å². The Balaban J connectivity index is 2.86. The molecule has 1 aromatic heterocycles. The maximum atomic E-state index is 14.4. The topological polar surface area (TPSA) is 105 Å². The third-order valence-corrected chi connectivity index (χ3v) is 6.10. The largest absolute Gasteiger partial charge is 0.431 e. The Kier molecular flexibility index (Phi) is 5.94. The van der Waals surface area contributed by atoms with Crippen LogP contribution in [0.2, 0.25) is 5.02 Å². The lowest BCUT2D eigenvalue weighted by Gasteiger charge is -2.17. The van der Waals surface area contributed by atoms with E-state index in [9.17, 15) is 35.6 Å². The van der Waals surface area contributed by atoms with E-state index in [-0.39, 0.29) is 15.2 Å². The molecule has 8 nitrogen and oxygen atoms in total. The average Bonchev–Trinajstić information content (AvgIpc) is 2.58. The van der Waals surface area contributed by atoms with Crippen LogP contribution in [0.5, 0.6) is 0 Å². The van der Waals surface area contributed by atoms with Gasteiger partial charge in [-0.1, -0.05) is 11.6 Å². The fourth-order valence-electron chi connectivity index (χ4n) is 2.36. The van der Waals surface area contributed by atoms with Gasteiger partial charge in [0.25, 0.3) is 5.56 Å². The Labute approximate surface area is 165 Å². The molecule has 0 amide bonds. The Morgan fingerprint density at radius 3 is 2.34 bits per heavy atom. The average molecular weight is 455 g/mol. The summed E-state index contributed by atoms with van der Waals surface area (Å²) in [7, 11) is -2.69. The van der Waals surface area contributed by atoms with E-state index in [0.717, 1.165) is 7.05 Å². The fraction of sp³-hybridized carbons (Fsp3) is 0.267. The summed E-state index contributed by atoms with van der Waals surface area (Å²) >= 11 is 5.77. The van der Waals surface area contributed by atoms with Gasteiger partial charge in [-0.2, -0.15) is 22.7 Å². The number of hydrogen-bond donors (Lipinski definition) is 0. The second-order valence-electron chi connectivity index (χ2n) is 5.70. The predicted octanol–water partition coefficient (Wildman–Crippen LogP) is 1.49. The van der Waals surface area contributed by atoms with Crippen molar-refractivity contribution < 1.29 is 26.0 Å². The van der Waals surface area contributed by atoms with E-state index in [1.54, 1.807) is 6.07 Å². The monoisotopic (exact) mass is 454 g/mol. The summed E-state index contributed by atoms with van der Waals surface area (Å²) in [5.74, 6) is -1.32. The summed E-state index contributed by atoms with van der Waals surface area (Å²) in [6.45, 7) is -0.590. The van der Waals surface area contributed by atoms with Crippen LogP contribution in [0.25, 0.3) is 5.69 Å². The number of aromatic nitrogens is 2. The smallest absolute Gasteiger partial charge is 0.292 e. The van der Waals surface area contributed by atoms with E-state index in [0.29, 0.717) is 23.5 Å². The van der Waals surface area contributed by atoms with Gasteiger partial charge in [0.2, 0.25) is 10.0 Å². The highest BCUT2D eigenvalue weighted by Crippen LogP contribution is 2.29. The van der Waals surface area contributed by atoms with E-state index in [1.165, 1.54) is 0 Å². The lowest BCUT2D eigenvalue weighted by molar-refractivity contribution is -0.144. The quantitative estimate of drug-likeness (QED) is 0.514. The molecule has 29 heavy (non-hydrogen) atoms. The van der Waals surface area contributed by atoms with E-state index in [2.05, 4.69) is 0 Å². The first-order chi connectivity index (χ1) is 13.2. The SMILES string of the molecule is CN(CC#N)S(=O)(=O)c1cc(-n2c(=O)cc(C(F)(F)F)n(C)c2=O)c(F)cc1Cl. The van der Waals surface area contributed by atoms with E-state index in [4.69, 9.17) is 16.9 Å². The molecule has 0 spiro atoms. The number of hydrogen-bond acceptors (Lipinski definition) is 5. The minimum Gasteiger partial charge on any atom is -0.292 e. The van der Waals surface area contributed by atoms with Crippen LogP contribution in [0.3, 0.4) is 0 Å². The number of halogens is 5. The summed E-state index contributed by atoms with van der Waals surface area (Å²) in [5, 5.41) is 8.04. The first kappa shape index (κ1) is 22.6. The van der Waals surface area contributed by atoms with Crippen molar-refractivity contribution in [3.63, 3.8) is 0 Å². The van der Waals surface area contributed by atoms with Crippen LogP contribution in [-0.4, -0.2) is 35.4 Å². The van der Waals surface area contributed by atoms with Crippen molar-refractivity contribution in [3.8, 4) is 11.8 Å². The number of alkyl halides is 3. The molecule has 14 heteroatoms. The minimum absolute atomic E-state index is 0.0458. The molecule has 0 unspecified atom stereocenters. The minimum atomic E-state index is -5.03. The Hall–Kier alpha value is -2.69. The molecular formula is C15H11ClF4N4O4S. The molecule has 0 bridgehead atoms. The third kappa shape index (κ3) is 4.04. The van der Waals surface area contributed by atoms with Gasteiger partial charge in [-0.15, -0.1) is 0 Å². The zero-order valence-electron chi connectivity index (χ0n) is 14.7. The summed E-state index contributed by atoms with van der Waals surface area (Å²) in [4.78, 5) is 23.7. The van der Waals surface area contributed by atoms with Crippen molar-refractivity contribution in [2.24, 2.45) is 7.05 Å². The van der Waals surface area contributed by atoms with Crippen LogP contribution in [0, 0.1) is 17.1 Å². The highest BCUT2D eigenvalue weighted by atomic mass is 35.5. The van der Waals surface area contributed by atoms with Crippen LogP contribution < -0.4 is 11.2 Å². The second-order valence-corrected chi connectivity index (χ2v) is 8.12. The number of nitrogens with zero attached hydrogens (tertiary/aromatic N) is 4. The van der Waals surface area contributed by atoms with Crippen molar-refractivity contribution in [1.29, 1.82) is 5.26 Å². The van der Waals surface area contributed by atoms with Crippen LogP contribution in [0.15, 0.2) is 32.7 Å². The maximum absolute atomic E-state index is 14.4. The Morgan fingerprint density at radius 1 is 1.24 bits per heavy atom. The van der Waals surface area contributed by atoms with Crippen LogP contribution >= 0.6 is 11.6 Å². The molecule has 2 rings (SSSR count). The molecule has 0 saturated heterocycles. The van der Waals surface area contributed by atoms with E-state index in [1.807, 2.05) is 0 Å². The van der Waals surface area contributed by atoms with Gasteiger partial charge in [-0.25, -0.2) is 22.2 Å². The molecule has 0 saturated carbocycles. The molecule has 0 atom stereocenters. The standard InChI is InChI=1S/C15H11ClF4N4O4S/c1-22(4-3-21)29(27,28)11-6-10(9(17)5-8(11)16)24-13(25)7-12(15(18,19)20)23(2)14(24)26/h5-7H,4H2,1-2H3. The molecular weight excluding hydrogens is 444 g/mol. The molecule has 0 aliphatic heterocycles. The van der Waals surface area contributed by atoms with Crippen LogP contribution in [0.1, 0.15) is 5.69 Å². The summed E-state index contributed by atoms with van der Waals surface area (Å²) in [6, 6.07) is 2.69. The molecule has 0 aliphatic carbocycles. The predicted molar refractivity (Wildman–Crippen MR) is 92.7 cm³/mol. The molecule has 2 aromatic rings. The first-order valence-electron chi connectivity index (χ1n) is 7.46. The van der Waals surface area contributed by atoms with Crippen molar-refractivity contribution in [1.82, 2.24) is 13.4 Å². The van der Waals surface area contributed by atoms with Crippen LogP contribution in [0.4, 0.5) is 17.6 Å². The number of rotatable bonds is 4. The zero-order valence-corrected chi connectivity index (χ0v) is 16.2. The third-order valence-electron chi connectivity index (χ3n) is 3.83. The first-order valence-corrected chi connectivity index (χ1v) is 9.28. The van der Waals surface area contributed by atoms with Gasteiger partial charge in [0, 0.05) is 20.2 Å². The van der Waals surface area contributed by atoms with Gasteiger partial charge in [0.05, 0.1) is 16.8 Å².